The molecule has 1 saturated heterocycles. The standard InChI is InChI=1S/C29H35N5O2.C4H4O4/c1-22(2)26-20-27-30-21-31-34(27)32-29(26)35-19-9-16-33-17-14-25(15-18-33)36-28(23-10-5-3-6-11-23)24-12-7-4-8-13-24;5-3(6)1-2-4(7)8/h3-8,10-13,20-22,25,28H,9,14-19H2,1-2H3;1-2H,(H,5,6)(H,7,8)/b;2-1+. The Balaban J connectivity index is 0.000000488. The van der Waals surface area contributed by atoms with Crippen molar-refractivity contribution in [1.82, 2.24) is 24.7 Å². The highest BCUT2D eigenvalue weighted by Crippen LogP contribution is 2.30. The monoisotopic (exact) mass is 601 g/mol. The number of hydrogen-bond acceptors (Lipinski definition) is 8. The second-order valence-corrected chi connectivity index (χ2v) is 10.8. The van der Waals surface area contributed by atoms with Gasteiger partial charge in [0.2, 0.25) is 5.88 Å². The van der Waals surface area contributed by atoms with Gasteiger partial charge in [0, 0.05) is 37.3 Å². The highest BCUT2D eigenvalue weighted by atomic mass is 16.5. The summed E-state index contributed by atoms with van der Waals surface area (Å²) in [4.78, 5) is 25.9. The molecule has 11 heteroatoms. The zero-order valence-corrected chi connectivity index (χ0v) is 25.0. The summed E-state index contributed by atoms with van der Waals surface area (Å²) in [6.45, 7) is 8.01. The highest BCUT2D eigenvalue weighted by Gasteiger charge is 2.24. The van der Waals surface area contributed by atoms with Crippen molar-refractivity contribution in [3.8, 4) is 5.88 Å². The SMILES string of the molecule is CC(C)c1cc2ncnn2nc1OCCCN1CCC(OC(c2ccccc2)c2ccccc2)CC1.O=C(O)/C=C/C(=O)O. The van der Waals surface area contributed by atoms with Gasteiger partial charge in [0.15, 0.2) is 5.65 Å². The van der Waals surface area contributed by atoms with E-state index < -0.39 is 11.9 Å². The van der Waals surface area contributed by atoms with Crippen molar-refractivity contribution < 1.29 is 29.3 Å². The normalized spacial score (nSPS) is 14.2. The van der Waals surface area contributed by atoms with Crippen LogP contribution in [0.25, 0.3) is 5.65 Å². The van der Waals surface area contributed by atoms with E-state index in [0.29, 0.717) is 30.6 Å². The van der Waals surface area contributed by atoms with Gasteiger partial charge >= 0.3 is 11.9 Å². The van der Waals surface area contributed by atoms with E-state index in [-0.39, 0.29) is 12.2 Å². The number of benzene rings is 2. The maximum atomic E-state index is 9.55. The van der Waals surface area contributed by atoms with Crippen molar-refractivity contribution >= 4 is 17.6 Å². The third kappa shape index (κ3) is 9.72. The molecule has 0 unspecified atom stereocenters. The summed E-state index contributed by atoms with van der Waals surface area (Å²) in [5.41, 5.74) is 4.24. The van der Waals surface area contributed by atoms with E-state index in [0.717, 1.165) is 50.1 Å². The predicted molar refractivity (Wildman–Crippen MR) is 165 cm³/mol. The molecule has 44 heavy (non-hydrogen) atoms. The third-order valence-corrected chi connectivity index (χ3v) is 7.19. The maximum absolute atomic E-state index is 9.55. The van der Waals surface area contributed by atoms with Crippen molar-refractivity contribution in [3.05, 3.63) is 102 Å². The minimum atomic E-state index is -1.26. The van der Waals surface area contributed by atoms with Gasteiger partial charge in [-0.2, -0.15) is 0 Å². The van der Waals surface area contributed by atoms with E-state index >= 15 is 0 Å². The number of aromatic nitrogens is 4. The van der Waals surface area contributed by atoms with Gasteiger partial charge in [0.1, 0.15) is 12.4 Å². The van der Waals surface area contributed by atoms with Crippen molar-refractivity contribution in [1.29, 1.82) is 0 Å². The van der Waals surface area contributed by atoms with E-state index in [1.54, 1.807) is 0 Å². The van der Waals surface area contributed by atoms with E-state index in [1.807, 2.05) is 6.07 Å². The number of likely N-dealkylation sites (tertiary alicyclic amines) is 1. The van der Waals surface area contributed by atoms with E-state index in [2.05, 4.69) is 94.6 Å². The molecule has 4 aromatic rings. The molecule has 3 heterocycles. The fourth-order valence-electron chi connectivity index (χ4n) is 4.95. The Morgan fingerprint density at radius 1 is 0.955 bits per heavy atom. The van der Waals surface area contributed by atoms with Crippen LogP contribution in [0.2, 0.25) is 0 Å². The van der Waals surface area contributed by atoms with Crippen LogP contribution in [-0.4, -0.2) is 79.2 Å². The zero-order valence-electron chi connectivity index (χ0n) is 25.0. The summed E-state index contributed by atoms with van der Waals surface area (Å²) in [5, 5.41) is 24.3. The Morgan fingerprint density at radius 3 is 2.09 bits per heavy atom. The minimum Gasteiger partial charge on any atom is -0.478 e. The van der Waals surface area contributed by atoms with Gasteiger partial charge in [0.25, 0.3) is 0 Å². The van der Waals surface area contributed by atoms with Crippen molar-refractivity contribution in [2.45, 2.75) is 51.2 Å². The Kier molecular flexibility index (Phi) is 12.0. The van der Waals surface area contributed by atoms with Crippen LogP contribution in [0, 0.1) is 0 Å². The Bertz CT molecular complexity index is 1450. The number of carboxylic acid groups (broad SMARTS) is 2. The van der Waals surface area contributed by atoms with Gasteiger partial charge in [-0.1, -0.05) is 74.5 Å². The smallest absolute Gasteiger partial charge is 0.328 e. The van der Waals surface area contributed by atoms with Crippen LogP contribution in [0.15, 0.2) is 85.2 Å². The van der Waals surface area contributed by atoms with Crippen LogP contribution < -0.4 is 4.74 Å². The lowest BCUT2D eigenvalue weighted by Crippen LogP contribution is -2.38. The van der Waals surface area contributed by atoms with Gasteiger partial charge in [-0.25, -0.2) is 14.6 Å². The summed E-state index contributed by atoms with van der Waals surface area (Å²) in [6.07, 6.45) is 5.91. The molecule has 0 bridgehead atoms. The van der Waals surface area contributed by atoms with Gasteiger partial charge in [-0.3, -0.25) is 0 Å². The zero-order chi connectivity index (χ0) is 31.3. The first-order valence-electron chi connectivity index (χ1n) is 14.8. The number of aliphatic carboxylic acids is 2. The van der Waals surface area contributed by atoms with E-state index in [1.165, 1.54) is 22.1 Å². The largest absolute Gasteiger partial charge is 0.478 e. The van der Waals surface area contributed by atoms with Crippen LogP contribution in [0.1, 0.15) is 61.8 Å². The first kappa shape index (κ1) is 32.3. The number of ether oxygens (including phenoxy) is 2. The molecular formula is C33H39N5O6. The number of carboxylic acids is 2. The molecule has 0 spiro atoms. The van der Waals surface area contributed by atoms with E-state index in [4.69, 9.17) is 19.7 Å². The van der Waals surface area contributed by atoms with E-state index in [9.17, 15) is 9.59 Å². The Hall–Kier alpha value is -4.61. The third-order valence-electron chi connectivity index (χ3n) is 7.19. The quantitative estimate of drug-likeness (QED) is 0.168. The number of rotatable bonds is 12. The number of hydrogen-bond donors (Lipinski definition) is 2. The Morgan fingerprint density at radius 2 is 1.55 bits per heavy atom. The lowest BCUT2D eigenvalue weighted by atomic mass is 10.00. The maximum Gasteiger partial charge on any atom is 0.328 e. The van der Waals surface area contributed by atoms with Gasteiger partial charge in [0.05, 0.1) is 12.7 Å². The van der Waals surface area contributed by atoms with Crippen molar-refractivity contribution in [2.75, 3.05) is 26.2 Å². The molecule has 2 N–H and O–H groups in total. The predicted octanol–water partition coefficient (Wildman–Crippen LogP) is 5.00. The molecule has 1 fully saturated rings. The highest BCUT2D eigenvalue weighted by molar-refractivity contribution is 5.89. The fraction of sp³-hybridized carbons (Fsp3) is 0.364. The van der Waals surface area contributed by atoms with Gasteiger partial charge < -0.3 is 24.6 Å². The molecule has 0 atom stereocenters. The van der Waals surface area contributed by atoms with Crippen LogP contribution in [0.4, 0.5) is 0 Å². The molecule has 0 saturated carbocycles. The molecule has 2 aromatic carbocycles. The summed E-state index contributed by atoms with van der Waals surface area (Å²) < 4.78 is 14.3. The molecule has 0 radical (unpaired) electrons. The molecule has 1 aliphatic rings. The number of nitrogens with zero attached hydrogens (tertiary/aromatic N) is 5. The average Bonchev–Trinajstić information content (AvgIpc) is 3.50. The first-order chi connectivity index (χ1) is 21.3. The van der Waals surface area contributed by atoms with Gasteiger partial charge in [-0.15, -0.1) is 14.8 Å². The second kappa shape index (κ2) is 16.3. The van der Waals surface area contributed by atoms with Crippen molar-refractivity contribution in [3.63, 3.8) is 0 Å². The average molecular weight is 602 g/mol. The summed E-state index contributed by atoms with van der Waals surface area (Å²) >= 11 is 0. The fourth-order valence-corrected chi connectivity index (χ4v) is 4.95. The molecule has 0 aliphatic carbocycles. The summed E-state index contributed by atoms with van der Waals surface area (Å²) in [6, 6.07) is 23.1. The topological polar surface area (TPSA) is 139 Å². The van der Waals surface area contributed by atoms with Crippen LogP contribution >= 0.6 is 0 Å². The molecule has 2 aromatic heterocycles. The molecular weight excluding hydrogens is 562 g/mol. The summed E-state index contributed by atoms with van der Waals surface area (Å²) in [5.74, 6) is -1.55. The molecule has 232 valence electrons. The molecule has 5 rings (SSSR count). The number of fused-ring (bicyclic) bond motifs is 1. The Labute approximate surface area is 256 Å². The van der Waals surface area contributed by atoms with Crippen LogP contribution in [0.3, 0.4) is 0 Å². The second-order valence-electron chi connectivity index (χ2n) is 10.8. The molecule has 0 amide bonds. The lowest BCUT2D eigenvalue weighted by molar-refractivity contribution is -0.134. The van der Waals surface area contributed by atoms with Crippen LogP contribution in [-0.2, 0) is 14.3 Å². The lowest BCUT2D eigenvalue weighted by Gasteiger charge is -2.34. The number of piperidine rings is 1. The number of carbonyl (C=O) groups is 2. The minimum absolute atomic E-state index is 0.0256. The van der Waals surface area contributed by atoms with Gasteiger partial charge in [-0.05, 0) is 42.4 Å². The molecule has 11 nitrogen and oxygen atoms in total. The van der Waals surface area contributed by atoms with Crippen LogP contribution in [0.5, 0.6) is 5.88 Å². The summed E-state index contributed by atoms with van der Waals surface area (Å²) in [7, 11) is 0. The molecule has 1 aliphatic heterocycles. The first-order valence-corrected chi connectivity index (χ1v) is 14.8. The van der Waals surface area contributed by atoms with Crippen molar-refractivity contribution in [2.24, 2.45) is 0 Å².